The SMILES string of the molecule is O=C(NCc1ncn[nH]1)c1cccc(Br)c1. The molecule has 82 valence electrons. The number of aromatic nitrogens is 3. The maximum atomic E-state index is 11.7. The van der Waals surface area contributed by atoms with Crippen LogP contribution < -0.4 is 5.32 Å². The predicted octanol–water partition coefficient (Wildman–Crippen LogP) is 1.50. The summed E-state index contributed by atoms with van der Waals surface area (Å²) in [7, 11) is 0. The molecular weight excluding hydrogens is 272 g/mol. The van der Waals surface area contributed by atoms with Crippen LogP contribution in [-0.2, 0) is 6.54 Å². The first-order chi connectivity index (χ1) is 7.75. The first kappa shape index (κ1) is 10.8. The van der Waals surface area contributed by atoms with E-state index >= 15 is 0 Å². The molecule has 5 nitrogen and oxygen atoms in total. The van der Waals surface area contributed by atoms with Crippen LogP contribution in [0.1, 0.15) is 16.2 Å². The summed E-state index contributed by atoms with van der Waals surface area (Å²) in [4.78, 5) is 15.6. The summed E-state index contributed by atoms with van der Waals surface area (Å²) in [6.45, 7) is 0.339. The smallest absolute Gasteiger partial charge is 0.251 e. The number of aromatic amines is 1. The van der Waals surface area contributed by atoms with Gasteiger partial charge in [-0.2, -0.15) is 5.10 Å². The lowest BCUT2D eigenvalue weighted by Crippen LogP contribution is -2.23. The van der Waals surface area contributed by atoms with Gasteiger partial charge in [0.1, 0.15) is 12.2 Å². The first-order valence-electron chi connectivity index (χ1n) is 4.64. The van der Waals surface area contributed by atoms with Crippen molar-refractivity contribution in [2.24, 2.45) is 0 Å². The zero-order chi connectivity index (χ0) is 11.4. The van der Waals surface area contributed by atoms with Gasteiger partial charge in [-0.25, -0.2) is 4.98 Å². The number of benzene rings is 1. The van der Waals surface area contributed by atoms with Crippen molar-refractivity contribution in [1.82, 2.24) is 20.5 Å². The van der Waals surface area contributed by atoms with Crippen molar-refractivity contribution < 1.29 is 4.79 Å². The molecule has 0 saturated heterocycles. The van der Waals surface area contributed by atoms with E-state index in [0.717, 1.165) is 4.47 Å². The van der Waals surface area contributed by atoms with Crippen LogP contribution in [-0.4, -0.2) is 21.1 Å². The third-order valence-electron chi connectivity index (χ3n) is 1.97. The minimum atomic E-state index is -0.141. The Morgan fingerprint density at radius 3 is 3.06 bits per heavy atom. The van der Waals surface area contributed by atoms with Gasteiger partial charge in [-0.1, -0.05) is 22.0 Å². The number of nitrogens with one attached hydrogen (secondary N) is 2. The molecule has 2 aromatic rings. The summed E-state index contributed by atoms with van der Waals surface area (Å²) in [6.07, 6.45) is 1.40. The Morgan fingerprint density at radius 2 is 2.38 bits per heavy atom. The van der Waals surface area contributed by atoms with Gasteiger partial charge in [0, 0.05) is 10.0 Å². The Morgan fingerprint density at radius 1 is 1.50 bits per heavy atom. The van der Waals surface area contributed by atoms with Crippen molar-refractivity contribution in [2.45, 2.75) is 6.54 Å². The molecule has 0 radical (unpaired) electrons. The van der Waals surface area contributed by atoms with E-state index in [9.17, 15) is 4.79 Å². The maximum absolute atomic E-state index is 11.7. The summed E-state index contributed by atoms with van der Waals surface area (Å²) < 4.78 is 0.875. The van der Waals surface area contributed by atoms with E-state index in [-0.39, 0.29) is 5.91 Å². The van der Waals surface area contributed by atoms with Gasteiger partial charge in [0.2, 0.25) is 0 Å². The third-order valence-corrected chi connectivity index (χ3v) is 2.46. The topological polar surface area (TPSA) is 70.7 Å². The molecule has 16 heavy (non-hydrogen) atoms. The van der Waals surface area contributed by atoms with E-state index in [1.165, 1.54) is 6.33 Å². The van der Waals surface area contributed by atoms with E-state index in [4.69, 9.17) is 0 Å². The van der Waals surface area contributed by atoms with Crippen molar-refractivity contribution in [3.05, 3.63) is 46.5 Å². The quantitative estimate of drug-likeness (QED) is 0.895. The molecule has 0 unspecified atom stereocenters. The number of amides is 1. The number of rotatable bonds is 3. The molecule has 0 aliphatic carbocycles. The van der Waals surface area contributed by atoms with Gasteiger partial charge in [-0.05, 0) is 18.2 Å². The molecule has 0 saturated carbocycles. The van der Waals surface area contributed by atoms with Gasteiger partial charge >= 0.3 is 0 Å². The molecule has 2 rings (SSSR count). The molecule has 1 aromatic heterocycles. The standard InChI is InChI=1S/C10H9BrN4O/c11-8-3-1-2-7(4-8)10(16)12-5-9-13-6-14-15-9/h1-4,6H,5H2,(H,12,16)(H,13,14,15). The lowest BCUT2D eigenvalue weighted by Gasteiger charge is -2.03. The molecule has 1 heterocycles. The second kappa shape index (κ2) is 4.89. The van der Waals surface area contributed by atoms with E-state index in [1.807, 2.05) is 12.1 Å². The number of carbonyl (C=O) groups excluding carboxylic acids is 1. The van der Waals surface area contributed by atoms with Gasteiger partial charge in [-0.3, -0.25) is 9.89 Å². The van der Waals surface area contributed by atoms with Crippen LogP contribution in [0.3, 0.4) is 0 Å². The highest BCUT2D eigenvalue weighted by Gasteiger charge is 2.05. The number of hydrogen-bond acceptors (Lipinski definition) is 3. The first-order valence-corrected chi connectivity index (χ1v) is 5.43. The molecular formula is C10H9BrN4O. The normalized spacial score (nSPS) is 10.1. The number of halogens is 1. The monoisotopic (exact) mass is 280 g/mol. The number of hydrogen-bond donors (Lipinski definition) is 2. The fourth-order valence-corrected chi connectivity index (χ4v) is 1.61. The maximum Gasteiger partial charge on any atom is 0.251 e. The highest BCUT2D eigenvalue weighted by Crippen LogP contribution is 2.11. The van der Waals surface area contributed by atoms with Crippen LogP contribution in [0.2, 0.25) is 0 Å². The lowest BCUT2D eigenvalue weighted by molar-refractivity contribution is 0.0950. The molecule has 0 aliphatic rings. The van der Waals surface area contributed by atoms with Gasteiger partial charge in [0.05, 0.1) is 6.54 Å². The number of nitrogens with zero attached hydrogens (tertiary/aromatic N) is 2. The van der Waals surface area contributed by atoms with Crippen molar-refractivity contribution in [1.29, 1.82) is 0 Å². The Kier molecular flexibility index (Phi) is 3.31. The van der Waals surface area contributed by atoms with Crippen molar-refractivity contribution in [3.63, 3.8) is 0 Å². The van der Waals surface area contributed by atoms with Crippen molar-refractivity contribution >= 4 is 21.8 Å². The van der Waals surface area contributed by atoms with Crippen LogP contribution in [0.5, 0.6) is 0 Å². The minimum Gasteiger partial charge on any atom is -0.345 e. The molecule has 0 fully saturated rings. The molecule has 0 spiro atoms. The molecule has 2 N–H and O–H groups in total. The molecule has 0 atom stereocenters. The molecule has 0 aliphatic heterocycles. The van der Waals surface area contributed by atoms with Gasteiger partial charge < -0.3 is 5.32 Å². The van der Waals surface area contributed by atoms with Crippen LogP contribution in [0.4, 0.5) is 0 Å². The fourth-order valence-electron chi connectivity index (χ4n) is 1.21. The van der Waals surface area contributed by atoms with E-state index < -0.39 is 0 Å². The lowest BCUT2D eigenvalue weighted by atomic mass is 10.2. The highest BCUT2D eigenvalue weighted by atomic mass is 79.9. The van der Waals surface area contributed by atoms with E-state index in [0.29, 0.717) is 17.9 Å². The largest absolute Gasteiger partial charge is 0.345 e. The van der Waals surface area contributed by atoms with Crippen LogP contribution in [0, 0.1) is 0 Å². The predicted molar refractivity (Wildman–Crippen MR) is 61.7 cm³/mol. The van der Waals surface area contributed by atoms with Crippen LogP contribution in [0.15, 0.2) is 35.1 Å². The van der Waals surface area contributed by atoms with E-state index in [1.54, 1.807) is 12.1 Å². The second-order valence-corrected chi connectivity index (χ2v) is 4.04. The summed E-state index contributed by atoms with van der Waals surface area (Å²) in [5.41, 5.74) is 0.605. The average molecular weight is 281 g/mol. The van der Waals surface area contributed by atoms with E-state index in [2.05, 4.69) is 36.4 Å². The minimum absolute atomic E-state index is 0.141. The Bertz CT molecular complexity index is 483. The number of H-pyrrole nitrogens is 1. The summed E-state index contributed by atoms with van der Waals surface area (Å²) in [5.74, 6) is 0.487. The fraction of sp³-hybridized carbons (Fsp3) is 0.100. The van der Waals surface area contributed by atoms with Gasteiger partial charge in [0.25, 0.3) is 5.91 Å². The molecule has 0 bridgehead atoms. The molecule has 1 aromatic carbocycles. The zero-order valence-corrected chi connectivity index (χ0v) is 9.86. The number of carbonyl (C=O) groups is 1. The van der Waals surface area contributed by atoms with Crippen LogP contribution >= 0.6 is 15.9 Å². The van der Waals surface area contributed by atoms with Crippen molar-refractivity contribution in [2.75, 3.05) is 0 Å². The Labute approximate surface area is 100 Å². The summed E-state index contributed by atoms with van der Waals surface area (Å²) in [6, 6.07) is 7.19. The highest BCUT2D eigenvalue weighted by molar-refractivity contribution is 9.10. The third kappa shape index (κ3) is 2.66. The second-order valence-electron chi connectivity index (χ2n) is 3.13. The Balaban J connectivity index is 1.98. The summed E-state index contributed by atoms with van der Waals surface area (Å²) >= 11 is 3.31. The Hall–Kier alpha value is -1.69. The molecule has 1 amide bonds. The van der Waals surface area contributed by atoms with Crippen molar-refractivity contribution in [3.8, 4) is 0 Å². The van der Waals surface area contributed by atoms with Crippen LogP contribution in [0.25, 0.3) is 0 Å². The zero-order valence-electron chi connectivity index (χ0n) is 8.27. The van der Waals surface area contributed by atoms with Gasteiger partial charge in [-0.15, -0.1) is 0 Å². The summed E-state index contributed by atoms with van der Waals surface area (Å²) in [5, 5.41) is 9.10. The average Bonchev–Trinajstić information content (AvgIpc) is 2.78. The molecule has 6 heteroatoms. The van der Waals surface area contributed by atoms with Gasteiger partial charge in [0.15, 0.2) is 0 Å².